The second kappa shape index (κ2) is 6.53. The van der Waals surface area contributed by atoms with Crippen LogP contribution in [0, 0.1) is 25.5 Å². The molecule has 0 aliphatic carbocycles. The quantitative estimate of drug-likeness (QED) is 0.725. The van der Waals surface area contributed by atoms with E-state index < -0.39 is 21.7 Å². The third-order valence-corrected chi connectivity index (χ3v) is 5.94. The summed E-state index contributed by atoms with van der Waals surface area (Å²) >= 11 is 1.07. The molecule has 8 heteroatoms. The molecule has 0 bridgehead atoms. The first-order valence-electron chi connectivity index (χ1n) is 7.27. The molecule has 3 rings (SSSR count). The highest BCUT2D eigenvalue weighted by Crippen LogP contribution is 2.28. The third kappa shape index (κ3) is 3.69. The van der Waals surface area contributed by atoms with Gasteiger partial charge in [-0.05, 0) is 49.2 Å². The summed E-state index contributed by atoms with van der Waals surface area (Å²) in [4.78, 5) is 4.33. The van der Waals surface area contributed by atoms with Gasteiger partial charge in [0.1, 0.15) is 0 Å². The molecule has 0 radical (unpaired) electrons. The van der Waals surface area contributed by atoms with E-state index in [2.05, 4.69) is 9.71 Å². The molecule has 0 unspecified atom stereocenters. The number of rotatable bonds is 4. The van der Waals surface area contributed by atoms with E-state index in [-0.39, 0.29) is 10.0 Å². The molecule has 0 aliphatic rings. The monoisotopic (exact) mass is 380 g/mol. The Morgan fingerprint density at radius 2 is 1.80 bits per heavy atom. The lowest BCUT2D eigenvalue weighted by atomic mass is 10.2. The summed E-state index contributed by atoms with van der Waals surface area (Å²) < 4.78 is 53.9. The van der Waals surface area contributed by atoms with Crippen LogP contribution in [0.2, 0.25) is 0 Å². The average Bonchev–Trinajstić information content (AvgIpc) is 3.00. The van der Waals surface area contributed by atoms with Crippen LogP contribution in [-0.2, 0) is 10.0 Å². The van der Waals surface area contributed by atoms with Crippen LogP contribution in [0.5, 0.6) is 0 Å². The molecule has 0 spiro atoms. The van der Waals surface area contributed by atoms with Crippen molar-refractivity contribution in [1.82, 2.24) is 4.98 Å². The summed E-state index contributed by atoms with van der Waals surface area (Å²) in [6, 6.07) is 8.56. The number of nitrogens with one attached hydrogen (secondary N) is 1. The Labute approximate surface area is 148 Å². The Kier molecular flexibility index (Phi) is 4.57. The SMILES string of the molecule is Cc1ccc(C)c(S(=O)(=O)Nc2nc(-c3ccc(F)c(F)c3)cs2)c1. The van der Waals surface area contributed by atoms with Crippen LogP contribution < -0.4 is 4.72 Å². The Morgan fingerprint density at radius 3 is 2.52 bits per heavy atom. The highest BCUT2D eigenvalue weighted by molar-refractivity contribution is 7.93. The third-order valence-electron chi connectivity index (χ3n) is 3.57. The predicted octanol–water partition coefficient (Wildman–Crippen LogP) is 4.51. The summed E-state index contributed by atoms with van der Waals surface area (Å²) in [5.74, 6) is -1.93. The van der Waals surface area contributed by atoms with Crippen molar-refractivity contribution >= 4 is 26.5 Å². The largest absolute Gasteiger partial charge is 0.263 e. The molecule has 0 saturated heterocycles. The predicted molar refractivity (Wildman–Crippen MR) is 94.2 cm³/mol. The van der Waals surface area contributed by atoms with Crippen molar-refractivity contribution in [2.75, 3.05) is 4.72 Å². The van der Waals surface area contributed by atoms with E-state index >= 15 is 0 Å². The number of nitrogens with zero attached hydrogens (tertiary/aromatic N) is 1. The van der Waals surface area contributed by atoms with Crippen LogP contribution in [-0.4, -0.2) is 13.4 Å². The van der Waals surface area contributed by atoms with E-state index in [1.54, 1.807) is 24.4 Å². The van der Waals surface area contributed by atoms with Crippen molar-refractivity contribution in [3.05, 3.63) is 64.5 Å². The van der Waals surface area contributed by atoms with Gasteiger partial charge in [0.15, 0.2) is 16.8 Å². The first-order valence-corrected chi connectivity index (χ1v) is 9.63. The van der Waals surface area contributed by atoms with Crippen molar-refractivity contribution in [3.8, 4) is 11.3 Å². The molecule has 1 heterocycles. The van der Waals surface area contributed by atoms with Crippen molar-refractivity contribution in [1.29, 1.82) is 0 Å². The minimum absolute atomic E-state index is 0.153. The minimum atomic E-state index is -3.79. The summed E-state index contributed by atoms with van der Waals surface area (Å²) in [5.41, 5.74) is 2.18. The summed E-state index contributed by atoms with van der Waals surface area (Å²) in [6.45, 7) is 3.52. The van der Waals surface area contributed by atoms with Gasteiger partial charge >= 0.3 is 0 Å². The van der Waals surface area contributed by atoms with E-state index in [4.69, 9.17) is 0 Å². The minimum Gasteiger partial charge on any atom is -0.255 e. The number of aryl methyl sites for hydroxylation is 2. The van der Waals surface area contributed by atoms with Crippen LogP contribution in [0.1, 0.15) is 11.1 Å². The maximum Gasteiger partial charge on any atom is 0.263 e. The number of sulfonamides is 1. The Morgan fingerprint density at radius 1 is 1.04 bits per heavy atom. The molecule has 25 heavy (non-hydrogen) atoms. The van der Waals surface area contributed by atoms with Crippen LogP contribution in [0.15, 0.2) is 46.7 Å². The zero-order chi connectivity index (χ0) is 18.2. The standard InChI is InChI=1S/C17H14F2N2O2S2/c1-10-3-4-11(2)16(7-10)25(22,23)21-17-20-15(9-24-17)12-5-6-13(18)14(19)8-12/h3-9H,1-2H3,(H,20,21). The lowest BCUT2D eigenvalue weighted by Crippen LogP contribution is -2.14. The van der Waals surface area contributed by atoms with Crippen molar-refractivity contribution < 1.29 is 17.2 Å². The topological polar surface area (TPSA) is 59.1 Å². The smallest absolute Gasteiger partial charge is 0.255 e. The second-order valence-electron chi connectivity index (χ2n) is 5.54. The van der Waals surface area contributed by atoms with E-state index in [9.17, 15) is 17.2 Å². The number of hydrogen-bond acceptors (Lipinski definition) is 4. The fourth-order valence-corrected chi connectivity index (χ4v) is 4.58. The number of hydrogen-bond donors (Lipinski definition) is 1. The van der Waals surface area contributed by atoms with Gasteiger partial charge in [0.2, 0.25) is 0 Å². The van der Waals surface area contributed by atoms with Crippen LogP contribution in [0.3, 0.4) is 0 Å². The molecule has 3 aromatic rings. The lowest BCUT2D eigenvalue weighted by molar-refractivity contribution is 0.509. The zero-order valence-corrected chi connectivity index (χ0v) is 15.0. The molecule has 0 fully saturated rings. The molecule has 0 atom stereocenters. The summed E-state index contributed by atoms with van der Waals surface area (Å²) in [6.07, 6.45) is 0. The van der Waals surface area contributed by atoms with Gasteiger partial charge in [0.05, 0.1) is 10.6 Å². The molecule has 2 aromatic carbocycles. The fraction of sp³-hybridized carbons (Fsp3) is 0.118. The number of benzene rings is 2. The van der Waals surface area contributed by atoms with Gasteiger partial charge in [-0.3, -0.25) is 4.72 Å². The first-order chi connectivity index (χ1) is 11.8. The van der Waals surface area contributed by atoms with Crippen molar-refractivity contribution in [3.63, 3.8) is 0 Å². The van der Waals surface area contributed by atoms with Crippen molar-refractivity contribution in [2.45, 2.75) is 18.7 Å². The van der Waals surface area contributed by atoms with E-state index in [1.165, 1.54) is 6.07 Å². The number of halogens is 2. The van der Waals surface area contributed by atoms with Crippen LogP contribution in [0.4, 0.5) is 13.9 Å². The van der Waals surface area contributed by atoms with Gasteiger partial charge in [-0.2, -0.15) is 0 Å². The number of aromatic nitrogens is 1. The van der Waals surface area contributed by atoms with E-state index in [1.807, 2.05) is 13.0 Å². The van der Waals surface area contributed by atoms with Gasteiger partial charge in [0, 0.05) is 10.9 Å². The average molecular weight is 380 g/mol. The molecule has 4 nitrogen and oxygen atoms in total. The normalized spacial score (nSPS) is 11.5. The highest BCUT2D eigenvalue weighted by atomic mass is 32.2. The Balaban J connectivity index is 1.90. The van der Waals surface area contributed by atoms with E-state index in [0.717, 1.165) is 29.0 Å². The van der Waals surface area contributed by atoms with Gasteiger partial charge < -0.3 is 0 Å². The summed E-state index contributed by atoms with van der Waals surface area (Å²) in [5, 5.41) is 1.73. The molecule has 0 aliphatic heterocycles. The van der Waals surface area contributed by atoms with Crippen LogP contribution in [0.25, 0.3) is 11.3 Å². The highest BCUT2D eigenvalue weighted by Gasteiger charge is 2.19. The fourth-order valence-electron chi connectivity index (χ4n) is 2.28. The molecule has 1 N–H and O–H groups in total. The molecular formula is C17H14F2N2O2S2. The van der Waals surface area contributed by atoms with Gasteiger partial charge in [-0.1, -0.05) is 12.1 Å². The van der Waals surface area contributed by atoms with Gasteiger partial charge in [0.25, 0.3) is 10.0 Å². The molecule has 0 amide bonds. The van der Waals surface area contributed by atoms with Gasteiger partial charge in [-0.25, -0.2) is 22.2 Å². The molecule has 0 saturated carbocycles. The molecule has 130 valence electrons. The summed E-state index contributed by atoms with van der Waals surface area (Å²) in [7, 11) is -3.79. The zero-order valence-electron chi connectivity index (χ0n) is 13.4. The first kappa shape index (κ1) is 17.5. The second-order valence-corrected chi connectivity index (χ2v) is 8.05. The maximum atomic E-state index is 13.3. The van der Waals surface area contributed by atoms with Gasteiger partial charge in [-0.15, -0.1) is 11.3 Å². The Bertz CT molecular complexity index is 1050. The Hall–Kier alpha value is -2.32. The van der Waals surface area contributed by atoms with Crippen LogP contribution >= 0.6 is 11.3 Å². The van der Waals surface area contributed by atoms with Crippen molar-refractivity contribution in [2.24, 2.45) is 0 Å². The number of anilines is 1. The number of thiazole rings is 1. The van der Waals surface area contributed by atoms with E-state index in [0.29, 0.717) is 16.8 Å². The molecular weight excluding hydrogens is 366 g/mol. The molecule has 1 aromatic heterocycles. The lowest BCUT2D eigenvalue weighted by Gasteiger charge is -2.09. The maximum absolute atomic E-state index is 13.3.